The second-order valence-corrected chi connectivity index (χ2v) is 5.07. The van der Waals surface area contributed by atoms with E-state index in [2.05, 4.69) is 20.5 Å². The SMILES string of the molecule is Cc1ccc(NC(=O)c2ccc(-n3ccnc3)nn2)cc1Cl. The summed E-state index contributed by atoms with van der Waals surface area (Å²) in [7, 11) is 0. The first-order valence-corrected chi connectivity index (χ1v) is 6.91. The van der Waals surface area contributed by atoms with Crippen molar-refractivity contribution >= 4 is 23.2 Å². The molecule has 2 heterocycles. The van der Waals surface area contributed by atoms with Crippen molar-refractivity contribution in [1.29, 1.82) is 0 Å². The number of halogens is 1. The van der Waals surface area contributed by atoms with E-state index in [9.17, 15) is 4.79 Å². The number of amides is 1. The highest BCUT2D eigenvalue weighted by molar-refractivity contribution is 6.31. The van der Waals surface area contributed by atoms with Crippen molar-refractivity contribution in [3.05, 3.63) is 65.3 Å². The van der Waals surface area contributed by atoms with Gasteiger partial charge < -0.3 is 5.32 Å². The Bertz CT molecular complexity index is 799. The molecule has 3 rings (SSSR count). The summed E-state index contributed by atoms with van der Waals surface area (Å²) in [5, 5.41) is 11.3. The van der Waals surface area contributed by atoms with Crippen LogP contribution >= 0.6 is 11.6 Å². The lowest BCUT2D eigenvalue weighted by molar-refractivity contribution is 0.102. The van der Waals surface area contributed by atoms with E-state index >= 15 is 0 Å². The minimum atomic E-state index is -0.343. The normalized spacial score (nSPS) is 10.5. The summed E-state index contributed by atoms with van der Waals surface area (Å²) in [4.78, 5) is 16.1. The average Bonchev–Trinajstić information content (AvgIpc) is 3.05. The Labute approximate surface area is 131 Å². The number of hydrogen-bond donors (Lipinski definition) is 1. The number of benzene rings is 1. The minimum Gasteiger partial charge on any atom is -0.321 e. The Hall–Kier alpha value is -2.73. The molecule has 1 amide bonds. The maximum absolute atomic E-state index is 12.1. The molecule has 0 saturated carbocycles. The number of hydrogen-bond acceptors (Lipinski definition) is 4. The van der Waals surface area contributed by atoms with E-state index < -0.39 is 0 Å². The van der Waals surface area contributed by atoms with Crippen molar-refractivity contribution in [2.45, 2.75) is 6.92 Å². The van der Waals surface area contributed by atoms with Crippen molar-refractivity contribution in [2.24, 2.45) is 0 Å². The molecule has 110 valence electrons. The van der Waals surface area contributed by atoms with E-state index in [1.807, 2.05) is 13.0 Å². The molecule has 0 atom stereocenters. The summed E-state index contributed by atoms with van der Waals surface area (Å²) in [6.45, 7) is 1.90. The number of nitrogens with one attached hydrogen (secondary N) is 1. The zero-order valence-corrected chi connectivity index (χ0v) is 12.4. The molecule has 0 fully saturated rings. The van der Waals surface area contributed by atoms with Crippen LogP contribution in [-0.4, -0.2) is 25.7 Å². The van der Waals surface area contributed by atoms with Gasteiger partial charge in [0.1, 0.15) is 6.33 Å². The second kappa shape index (κ2) is 5.95. The fourth-order valence-corrected chi connectivity index (χ4v) is 2.02. The number of rotatable bonds is 3. The van der Waals surface area contributed by atoms with Crippen molar-refractivity contribution in [2.75, 3.05) is 5.32 Å². The molecule has 0 aliphatic rings. The third-order valence-corrected chi connectivity index (χ3v) is 3.49. The zero-order valence-electron chi connectivity index (χ0n) is 11.7. The number of carbonyl (C=O) groups excluding carboxylic acids is 1. The van der Waals surface area contributed by atoms with Gasteiger partial charge in [0.05, 0.1) is 0 Å². The van der Waals surface area contributed by atoms with Crippen LogP contribution in [0.15, 0.2) is 49.1 Å². The molecule has 0 bridgehead atoms. The molecule has 6 nitrogen and oxygen atoms in total. The lowest BCUT2D eigenvalue weighted by Crippen LogP contribution is -2.15. The molecule has 0 radical (unpaired) electrons. The van der Waals surface area contributed by atoms with E-state index in [0.717, 1.165) is 5.56 Å². The predicted octanol–water partition coefficient (Wildman–Crippen LogP) is 2.88. The fraction of sp³-hybridized carbons (Fsp3) is 0.0667. The van der Waals surface area contributed by atoms with Gasteiger partial charge in [0, 0.05) is 23.1 Å². The van der Waals surface area contributed by atoms with Crippen molar-refractivity contribution in [1.82, 2.24) is 19.7 Å². The quantitative estimate of drug-likeness (QED) is 0.807. The summed E-state index contributed by atoms with van der Waals surface area (Å²) in [5.74, 6) is 0.247. The van der Waals surface area contributed by atoms with E-state index in [1.165, 1.54) is 0 Å². The monoisotopic (exact) mass is 313 g/mol. The van der Waals surface area contributed by atoms with Gasteiger partial charge in [-0.15, -0.1) is 10.2 Å². The number of nitrogens with zero attached hydrogens (tertiary/aromatic N) is 4. The Kier molecular flexibility index (Phi) is 3.84. The zero-order chi connectivity index (χ0) is 15.5. The summed E-state index contributed by atoms with van der Waals surface area (Å²) < 4.78 is 1.70. The summed E-state index contributed by atoms with van der Waals surface area (Å²) >= 11 is 6.03. The summed E-state index contributed by atoms with van der Waals surface area (Å²) in [6.07, 6.45) is 5.00. The van der Waals surface area contributed by atoms with Gasteiger partial charge in [-0.1, -0.05) is 17.7 Å². The van der Waals surface area contributed by atoms with Crippen molar-refractivity contribution in [3.8, 4) is 5.82 Å². The molecule has 1 N–H and O–H groups in total. The first-order valence-electron chi connectivity index (χ1n) is 6.53. The third-order valence-electron chi connectivity index (χ3n) is 3.08. The highest BCUT2D eigenvalue weighted by Crippen LogP contribution is 2.20. The molecule has 0 saturated heterocycles. The fourth-order valence-electron chi connectivity index (χ4n) is 1.84. The van der Waals surface area contributed by atoms with Crippen LogP contribution in [0, 0.1) is 6.92 Å². The number of aryl methyl sites for hydroxylation is 1. The number of imidazole rings is 1. The van der Waals surface area contributed by atoms with E-state index in [1.54, 1.807) is 47.6 Å². The highest BCUT2D eigenvalue weighted by atomic mass is 35.5. The van der Waals surface area contributed by atoms with Gasteiger partial charge >= 0.3 is 0 Å². The summed E-state index contributed by atoms with van der Waals surface area (Å²) in [5.41, 5.74) is 1.78. The van der Waals surface area contributed by atoms with Gasteiger partial charge in [-0.3, -0.25) is 9.36 Å². The molecular weight excluding hydrogens is 302 g/mol. The highest BCUT2D eigenvalue weighted by Gasteiger charge is 2.10. The van der Waals surface area contributed by atoms with Crippen molar-refractivity contribution < 1.29 is 4.79 Å². The molecule has 0 aliphatic heterocycles. The van der Waals surface area contributed by atoms with Crippen molar-refractivity contribution in [3.63, 3.8) is 0 Å². The standard InChI is InChI=1S/C15H12ClN5O/c1-10-2-3-11(8-12(10)16)18-15(22)13-4-5-14(20-19-13)21-7-6-17-9-21/h2-9H,1H3,(H,18,22). The topological polar surface area (TPSA) is 72.7 Å². The molecular formula is C15H12ClN5O. The average molecular weight is 314 g/mol. The van der Waals surface area contributed by atoms with Gasteiger partial charge in [-0.2, -0.15) is 0 Å². The molecule has 7 heteroatoms. The molecule has 0 spiro atoms. The summed E-state index contributed by atoms with van der Waals surface area (Å²) in [6, 6.07) is 8.62. The van der Waals surface area contributed by atoms with Crippen LogP contribution < -0.4 is 5.32 Å². The molecule has 22 heavy (non-hydrogen) atoms. The van der Waals surface area contributed by atoms with Gasteiger partial charge in [-0.05, 0) is 36.8 Å². The number of anilines is 1. The van der Waals surface area contributed by atoms with Crippen LogP contribution in [0.4, 0.5) is 5.69 Å². The smallest absolute Gasteiger partial charge is 0.276 e. The third kappa shape index (κ3) is 2.96. The largest absolute Gasteiger partial charge is 0.321 e. The lowest BCUT2D eigenvalue weighted by Gasteiger charge is -2.06. The number of carbonyl (C=O) groups is 1. The van der Waals surface area contributed by atoms with E-state index in [4.69, 9.17) is 11.6 Å². The molecule has 0 unspecified atom stereocenters. The molecule has 3 aromatic rings. The van der Waals surface area contributed by atoms with Gasteiger partial charge in [0.15, 0.2) is 11.5 Å². The van der Waals surface area contributed by atoms with Gasteiger partial charge in [0.25, 0.3) is 5.91 Å². The van der Waals surface area contributed by atoms with Crippen LogP contribution in [0.25, 0.3) is 5.82 Å². The first-order chi connectivity index (χ1) is 10.6. The Morgan fingerprint density at radius 1 is 1.23 bits per heavy atom. The minimum absolute atomic E-state index is 0.223. The first kappa shape index (κ1) is 14.2. The van der Waals surface area contributed by atoms with Crippen LogP contribution in [0.5, 0.6) is 0 Å². The Morgan fingerprint density at radius 3 is 2.73 bits per heavy atom. The van der Waals surface area contributed by atoms with Crippen LogP contribution in [-0.2, 0) is 0 Å². The molecule has 0 aliphatic carbocycles. The predicted molar refractivity (Wildman–Crippen MR) is 83.3 cm³/mol. The van der Waals surface area contributed by atoms with Crippen LogP contribution in [0.1, 0.15) is 16.1 Å². The van der Waals surface area contributed by atoms with E-state index in [0.29, 0.717) is 16.5 Å². The maximum atomic E-state index is 12.1. The maximum Gasteiger partial charge on any atom is 0.276 e. The lowest BCUT2D eigenvalue weighted by atomic mass is 10.2. The Balaban J connectivity index is 1.76. The van der Waals surface area contributed by atoms with Gasteiger partial charge in [-0.25, -0.2) is 4.98 Å². The van der Waals surface area contributed by atoms with Gasteiger partial charge in [0.2, 0.25) is 0 Å². The molecule has 1 aromatic carbocycles. The second-order valence-electron chi connectivity index (χ2n) is 4.66. The number of aromatic nitrogens is 4. The van der Waals surface area contributed by atoms with Crippen LogP contribution in [0.2, 0.25) is 5.02 Å². The molecule has 2 aromatic heterocycles. The van der Waals surface area contributed by atoms with E-state index in [-0.39, 0.29) is 11.6 Å². The van der Waals surface area contributed by atoms with Crippen LogP contribution in [0.3, 0.4) is 0 Å². The Morgan fingerprint density at radius 2 is 2.09 bits per heavy atom.